The van der Waals surface area contributed by atoms with Gasteiger partial charge in [0, 0.05) is 0 Å². The van der Waals surface area contributed by atoms with Gasteiger partial charge in [-0.1, -0.05) is 5.16 Å². The Kier molecular flexibility index (Phi) is 10.5. The van der Waals surface area contributed by atoms with Crippen molar-refractivity contribution >= 4 is 17.5 Å². The molecule has 0 aromatic carbocycles. The summed E-state index contributed by atoms with van der Waals surface area (Å²) in [4.78, 5) is 20.6. The van der Waals surface area contributed by atoms with Crippen molar-refractivity contribution in [3.8, 4) is 0 Å². The highest BCUT2D eigenvalue weighted by Gasteiger charge is 2.03. The highest BCUT2D eigenvalue weighted by Crippen LogP contribution is 1.86. The second-order valence-electron chi connectivity index (χ2n) is 2.73. The lowest BCUT2D eigenvalue weighted by molar-refractivity contribution is -0.145. The first-order valence-electron chi connectivity index (χ1n) is 4.24. The van der Waals surface area contributed by atoms with Crippen LogP contribution in [0.3, 0.4) is 0 Å². The van der Waals surface area contributed by atoms with Crippen LogP contribution in [0.5, 0.6) is 0 Å². The minimum absolute atomic E-state index is 0.103. The van der Waals surface area contributed by atoms with Gasteiger partial charge in [-0.25, -0.2) is 0 Å². The van der Waals surface area contributed by atoms with Gasteiger partial charge in [-0.2, -0.15) is 0 Å². The number of carbonyl (C=O) groups excluding carboxylic acids is 2. The molecule has 0 bridgehead atoms. The SMILES string of the molecule is CC(C)=NO.CCOC(=O)CC(C)=O. The molecule has 0 unspecified atom stereocenters. The van der Waals surface area contributed by atoms with Crippen LogP contribution < -0.4 is 0 Å². The molecule has 0 heterocycles. The van der Waals surface area contributed by atoms with E-state index in [9.17, 15) is 9.59 Å². The van der Waals surface area contributed by atoms with Gasteiger partial charge in [-0.3, -0.25) is 9.59 Å². The minimum atomic E-state index is -0.440. The third kappa shape index (κ3) is 16.9. The zero-order valence-corrected chi connectivity index (χ0v) is 9.03. The average Bonchev–Trinajstić information content (AvgIpc) is 2.04. The van der Waals surface area contributed by atoms with Gasteiger partial charge in [0.15, 0.2) is 0 Å². The van der Waals surface area contributed by atoms with Crippen molar-refractivity contribution in [1.82, 2.24) is 0 Å². The van der Waals surface area contributed by atoms with Crippen LogP contribution in [0.2, 0.25) is 0 Å². The average molecular weight is 203 g/mol. The van der Waals surface area contributed by atoms with Gasteiger partial charge in [0.2, 0.25) is 0 Å². The summed E-state index contributed by atoms with van der Waals surface area (Å²) in [7, 11) is 0. The number of Topliss-reactive ketones (excluding diaryl/α,β-unsaturated/α-hetero) is 1. The first-order chi connectivity index (χ1) is 6.43. The fraction of sp³-hybridized carbons (Fsp3) is 0.667. The number of nitrogens with zero attached hydrogens (tertiary/aromatic N) is 1. The summed E-state index contributed by atoms with van der Waals surface area (Å²) in [6.07, 6.45) is -0.103. The minimum Gasteiger partial charge on any atom is -0.466 e. The van der Waals surface area contributed by atoms with Crippen LogP contribution >= 0.6 is 0 Å². The van der Waals surface area contributed by atoms with Crippen molar-refractivity contribution in [3.63, 3.8) is 0 Å². The summed E-state index contributed by atoms with van der Waals surface area (Å²) in [6, 6.07) is 0. The fourth-order valence-corrected chi connectivity index (χ4v) is 0.415. The Morgan fingerprint density at radius 1 is 1.29 bits per heavy atom. The van der Waals surface area contributed by atoms with Crippen molar-refractivity contribution in [2.45, 2.75) is 34.1 Å². The molecule has 0 rings (SSSR count). The number of hydrogen-bond donors (Lipinski definition) is 1. The molecule has 0 atom stereocenters. The van der Waals surface area contributed by atoms with E-state index in [1.807, 2.05) is 0 Å². The molecule has 0 aliphatic carbocycles. The lowest BCUT2D eigenvalue weighted by Crippen LogP contribution is -2.07. The van der Waals surface area contributed by atoms with Crippen LogP contribution in [0.15, 0.2) is 5.16 Å². The van der Waals surface area contributed by atoms with Gasteiger partial charge in [-0.15, -0.1) is 0 Å². The largest absolute Gasteiger partial charge is 0.466 e. The lowest BCUT2D eigenvalue weighted by atomic mass is 10.3. The molecule has 0 saturated heterocycles. The van der Waals surface area contributed by atoms with Gasteiger partial charge in [0.1, 0.15) is 12.2 Å². The highest BCUT2D eigenvalue weighted by atomic mass is 16.5. The maximum atomic E-state index is 10.4. The normalized spacial score (nSPS) is 8.00. The van der Waals surface area contributed by atoms with Crippen LogP contribution in [0, 0.1) is 0 Å². The zero-order chi connectivity index (χ0) is 11.6. The molecule has 0 saturated carbocycles. The standard InChI is InChI=1S/C6H10O3.C3H7NO/c1-3-9-6(8)4-5(2)7;1-3(2)4-5/h3-4H2,1-2H3;5H,1-2H3. The van der Waals surface area contributed by atoms with E-state index in [4.69, 9.17) is 5.21 Å². The second-order valence-corrected chi connectivity index (χ2v) is 2.73. The number of esters is 1. The second kappa shape index (κ2) is 9.70. The van der Waals surface area contributed by atoms with Gasteiger partial charge >= 0.3 is 5.97 Å². The molecule has 82 valence electrons. The van der Waals surface area contributed by atoms with E-state index >= 15 is 0 Å². The monoisotopic (exact) mass is 203 g/mol. The van der Waals surface area contributed by atoms with Crippen molar-refractivity contribution in [2.24, 2.45) is 5.16 Å². The van der Waals surface area contributed by atoms with Crippen LogP contribution in [-0.2, 0) is 14.3 Å². The predicted octanol–water partition coefficient (Wildman–Crippen LogP) is 1.38. The molecule has 5 heteroatoms. The fourth-order valence-electron chi connectivity index (χ4n) is 0.415. The van der Waals surface area contributed by atoms with Crippen LogP contribution in [-0.4, -0.2) is 29.3 Å². The molecule has 0 aliphatic heterocycles. The van der Waals surface area contributed by atoms with Crippen molar-refractivity contribution in [1.29, 1.82) is 0 Å². The molecule has 5 nitrogen and oxygen atoms in total. The molecule has 1 N–H and O–H groups in total. The van der Waals surface area contributed by atoms with E-state index in [-0.39, 0.29) is 12.2 Å². The Bertz CT molecular complexity index is 207. The van der Waals surface area contributed by atoms with E-state index in [0.717, 1.165) is 0 Å². The van der Waals surface area contributed by atoms with Crippen molar-refractivity contribution < 1.29 is 19.5 Å². The van der Waals surface area contributed by atoms with E-state index in [1.54, 1.807) is 20.8 Å². The molecule has 0 amide bonds. The Hall–Kier alpha value is -1.39. The third-order valence-corrected chi connectivity index (χ3v) is 0.899. The summed E-state index contributed by atoms with van der Waals surface area (Å²) in [5.41, 5.74) is 0.685. The summed E-state index contributed by atoms with van der Waals surface area (Å²) in [5.74, 6) is -0.599. The van der Waals surface area contributed by atoms with E-state index < -0.39 is 5.97 Å². The Morgan fingerprint density at radius 3 is 1.93 bits per heavy atom. The smallest absolute Gasteiger partial charge is 0.313 e. The van der Waals surface area contributed by atoms with Crippen LogP contribution in [0.25, 0.3) is 0 Å². The summed E-state index contributed by atoms with van der Waals surface area (Å²) in [6.45, 7) is 6.85. The van der Waals surface area contributed by atoms with E-state index in [1.165, 1.54) is 6.92 Å². The Labute approximate surface area is 83.7 Å². The quantitative estimate of drug-likeness (QED) is 0.247. The third-order valence-electron chi connectivity index (χ3n) is 0.899. The maximum absolute atomic E-state index is 10.4. The number of ketones is 1. The summed E-state index contributed by atoms with van der Waals surface area (Å²) < 4.78 is 4.49. The van der Waals surface area contributed by atoms with Gasteiger partial charge in [0.25, 0.3) is 0 Å². The molecule has 0 aliphatic rings. The van der Waals surface area contributed by atoms with Crippen molar-refractivity contribution in [2.75, 3.05) is 6.61 Å². The summed E-state index contributed by atoms with van der Waals surface area (Å²) >= 11 is 0. The summed E-state index contributed by atoms with van der Waals surface area (Å²) in [5, 5.41) is 10.5. The molecule has 0 spiro atoms. The van der Waals surface area contributed by atoms with E-state index in [0.29, 0.717) is 12.3 Å². The maximum Gasteiger partial charge on any atom is 0.313 e. The molecule has 14 heavy (non-hydrogen) atoms. The zero-order valence-electron chi connectivity index (χ0n) is 9.03. The first-order valence-corrected chi connectivity index (χ1v) is 4.24. The first kappa shape index (κ1) is 15.1. The molecule has 0 radical (unpaired) electrons. The number of rotatable bonds is 3. The van der Waals surface area contributed by atoms with Crippen molar-refractivity contribution in [3.05, 3.63) is 0 Å². The van der Waals surface area contributed by atoms with Gasteiger partial charge < -0.3 is 9.94 Å². The molecule has 0 fully saturated rings. The Balaban J connectivity index is 0. The van der Waals surface area contributed by atoms with Gasteiger partial charge in [0.05, 0.1) is 12.3 Å². The van der Waals surface area contributed by atoms with Crippen LogP contribution in [0.1, 0.15) is 34.1 Å². The molecule has 0 aromatic rings. The number of oxime groups is 1. The predicted molar refractivity (Wildman–Crippen MR) is 52.5 cm³/mol. The molecular formula is C9H17NO4. The molecule has 0 aromatic heterocycles. The molecular weight excluding hydrogens is 186 g/mol. The number of hydrogen-bond acceptors (Lipinski definition) is 5. The highest BCUT2D eigenvalue weighted by molar-refractivity contribution is 5.94. The Morgan fingerprint density at radius 2 is 1.71 bits per heavy atom. The number of carbonyl (C=O) groups is 2. The lowest BCUT2D eigenvalue weighted by Gasteiger charge is -1.96. The van der Waals surface area contributed by atoms with Crippen LogP contribution in [0.4, 0.5) is 0 Å². The topological polar surface area (TPSA) is 76.0 Å². The van der Waals surface area contributed by atoms with Gasteiger partial charge in [-0.05, 0) is 27.7 Å². The number of ether oxygens (including phenoxy) is 1. The van der Waals surface area contributed by atoms with E-state index in [2.05, 4.69) is 9.89 Å².